The van der Waals surface area contributed by atoms with Crippen LogP contribution in [0.15, 0.2) is 29.0 Å². The minimum Gasteiger partial charge on any atom is -0.496 e. The van der Waals surface area contributed by atoms with Gasteiger partial charge in [-0.3, -0.25) is 24.1 Å². The molecule has 40 heavy (non-hydrogen) atoms. The number of carbonyl (C=O) groups excluding carboxylic acids is 3. The maximum Gasteiger partial charge on any atom is 0.305 e. The number of methoxy groups -OCH3 is 2. The average Bonchev–Trinajstić information content (AvgIpc) is 3.45. The molecular formula is C27H39N5O8. The molecule has 0 bridgehead atoms. The lowest BCUT2D eigenvalue weighted by Gasteiger charge is -2.29. The van der Waals surface area contributed by atoms with Crippen molar-refractivity contribution in [2.45, 2.75) is 65.3 Å². The van der Waals surface area contributed by atoms with Crippen molar-refractivity contribution in [3.8, 4) is 17.2 Å². The fraction of sp³-hybridized carbons (Fsp3) is 0.556. The van der Waals surface area contributed by atoms with Gasteiger partial charge < -0.3 is 29.7 Å². The number of hydrogen-bond acceptors (Lipinski definition) is 10. The molecule has 13 nitrogen and oxygen atoms in total. The van der Waals surface area contributed by atoms with Gasteiger partial charge in [-0.05, 0) is 37.5 Å². The van der Waals surface area contributed by atoms with Crippen LogP contribution in [-0.4, -0.2) is 89.3 Å². The molecule has 1 aromatic heterocycles. The molecule has 220 valence electrons. The lowest BCUT2D eigenvalue weighted by molar-refractivity contribution is -0.141. The first-order chi connectivity index (χ1) is 19.0. The normalized spacial score (nSPS) is 13.5. The van der Waals surface area contributed by atoms with E-state index in [0.717, 1.165) is 6.42 Å². The van der Waals surface area contributed by atoms with E-state index in [1.165, 1.54) is 20.5 Å². The number of Topliss-reactive ketones (excluding diaryl/α,β-unsaturated/α-hetero) is 1. The van der Waals surface area contributed by atoms with Crippen LogP contribution in [0, 0.1) is 5.92 Å². The third-order valence-corrected chi connectivity index (χ3v) is 6.31. The van der Waals surface area contributed by atoms with Crippen LogP contribution >= 0.6 is 0 Å². The Hall–Kier alpha value is -3.84. The molecule has 2 aromatic rings. The van der Waals surface area contributed by atoms with Crippen molar-refractivity contribution in [3.63, 3.8) is 0 Å². The Balaban J connectivity index is 2.17. The Bertz CT molecular complexity index is 1140. The average molecular weight is 562 g/mol. The number of aliphatic carboxylic acids is 1. The molecule has 0 spiro atoms. The van der Waals surface area contributed by atoms with Gasteiger partial charge in [0, 0.05) is 24.8 Å². The molecule has 0 aliphatic heterocycles. The second-order valence-electron chi connectivity index (χ2n) is 9.67. The van der Waals surface area contributed by atoms with Gasteiger partial charge in [0.25, 0.3) is 5.89 Å². The predicted molar refractivity (Wildman–Crippen MR) is 144 cm³/mol. The fourth-order valence-electron chi connectivity index (χ4n) is 4.10. The van der Waals surface area contributed by atoms with Crippen molar-refractivity contribution in [3.05, 3.63) is 30.1 Å². The molecule has 0 fully saturated rings. The number of ether oxygens (including phenoxy) is 2. The van der Waals surface area contributed by atoms with Gasteiger partial charge in [-0.25, -0.2) is 0 Å². The summed E-state index contributed by atoms with van der Waals surface area (Å²) in [5.74, 6) is -2.46. The first kappa shape index (κ1) is 32.4. The number of carboxylic acids is 1. The van der Waals surface area contributed by atoms with Crippen LogP contribution in [0.1, 0.15) is 46.1 Å². The molecule has 0 radical (unpaired) electrons. The van der Waals surface area contributed by atoms with E-state index in [-0.39, 0.29) is 31.0 Å². The van der Waals surface area contributed by atoms with Crippen molar-refractivity contribution in [2.24, 2.45) is 5.92 Å². The topological polar surface area (TPSA) is 173 Å². The number of rotatable bonds is 17. The van der Waals surface area contributed by atoms with Crippen molar-refractivity contribution in [1.82, 2.24) is 25.7 Å². The maximum absolute atomic E-state index is 13.2. The molecule has 0 saturated carbocycles. The molecule has 3 N–H and O–H groups in total. The van der Waals surface area contributed by atoms with Crippen LogP contribution in [0.3, 0.4) is 0 Å². The molecule has 3 unspecified atom stereocenters. The smallest absolute Gasteiger partial charge is 0.305 e. The first-order valence-corrected chi connectivity index (χ1v) is 13.1. The van der Waals surface area contributed by atoms with Crippen LogP contribution < -0.4 is 15.4 Å². The van der Waals surface area contributed by atoms with Gasteiger partial charge in [0.2, 0.25) is 11.8 Å². The summed E-state index contributed by atoms with van der Waals surface area (Å²) in [5.41, 5.74) is 1.12. The van der Waals surface area contributed by atoms with Gasteiger partial charge in [0.15, 0.2) is 12.1 Å². The summed E-state index contributed by atoms with van der Waals surface area (Å²) in [6.45, 7) is 7.65. The second kappa shape index (κ2) is 15.7. The van der Waals surface area contributed by atoms with Crippen LogP contribution in [0.25, 0.3) is 11.5 Å². The van der Waals surface area contributed by atoms with E-state index in [4.69, 9.17) is 14.0 Å². The van der Waals surface area contributed by atoms with Crippen LogP contribution in [-0.2, 0) is 30.3 Å². The quantitative estimate of drug-likeness (QED) is 0.240. The summed E-state index contributed by atoms with van der Waals surface area (Å²) < 4.78 is 15.8. The first-order valence-electron chi connectivity index (χ1n) is 13.1. The Morgan fingerprint density at radius 3 is 2.40 bits per heavy atom. The second-order valence-corrected chi connectivity index (χ2v) is 9.67. The lowest BCUT2D eigenvalue weighted by atomic mass is 10.0. The zero-order valence-electron chi connectivity index (χ0n) is 23.8. The molecule has 1 aromatic carbocycles. The maximum atomic E-state index is 13.2. The van der Waals surface area contributed by atoms with E-state index >= 15 is 0 Å². The summed E-state index contributed by atoms with van der Waals surface area (Å²) in [4.78, 5) is 56.7. The lowest BCUT2D eigenvalue weighted by Crippen LogP contribution is -2.55. The molecule has 0 saturated heterocycles. The van der Waals surface area contributed by atoms with Gasteiger partial charge in [-0.2, -0.15) is 4.98 Å². The number of hydrogen-bond donors (Lipinski definition) is 3. The zero-order chi connectivity index (χ0) is 29.8. The minimum absolute atomic E-state index is 0.101. The van der Waals surface area contributed by atoms with Crippen molar-refractivity contribution >= 4 is 23.6 Å². The van der Waals surface area contributed by atoms with Crippen molar-refractivity contribution in [1.29, 1.82) is 0 Å². The fourth-order valence-corrected chi connectivity index (χ4v) is 4.10. The molecule has 13 heteroatoms. The van der Waals surface area contributed by atoms with E-state index in [9.17, 15) is 24.3 Å². The third kappa shape index (κ3) is 9.42. The zero-order valence-corrected chi connectivity index (χ0v) is 23.8. The molecule has 0 aliphatic carbocycles. The van der Waals surface area contributed by atoms with Gasteiger partial charge in [0.1, 0.15) is 18.0 Å². The highest BCUT2D eigenvalue weighted by atomic mass is 16.5. The number of nitrogens with one attached hydrogen (secondary N) is 2. The van der Waals surface area contributed by atoms with Gasteiger partial charge in [-0.1, -0.05) is 25.9 Å². The van der Waals surface area contributed by atoms with E-state index in [1.807, 2.05) is 6.92 Å². The van der Waals surface area contributed by atoms with Gasteiger partial charge in [-0.15, -0.1) is 0 Å². The summed E-state index contributed by atoms with van der Waals surface area (Å²) in [6, 6.07) is 2.76. The molecule has 2 amide bonds. The molecule has 0 aliphatic rings. The Morgan fingerprint density at radius 2 is 1.85 bits per heavy atom. The monoisotopic (exact) mass is 561 g/mol. The number of carboxylic acid groups (broad SMARTS) is 1. The van der Waals surface area contributed by atoms with E-state index in [2.05, 4.69) is 20.8 Å². The Morgan fingerprint density at radius 1 is 1.12 bits per heavy atom. The molecule has 3 atom stereocenters. The molecule has 2 rings (SSSR count). The van der Waals surface area contributed by atoms with Gasteiger partial charge >= 0.3 is 5.97 Å². The Kier molecular flexibility index (Phi) is 12.7. The predicted octanol–water partition coefficient (Wildman–Crippen LogP) is 1.66. The van der Waals surface area contributed by atoms with Crippen LogP contribution in [0.4, 0.5) is 0 Å². The largest absolute Gasteiger partial charge is 0.496 e. The molecule has 1 heterocycles. The highest BCUT2D eigenvalue weighted by Crippen LogP contribution is 2.26. The standard InChI is InChI=1S/C27H39N5O8/c1-7-10-32(17(4)38-5)14-21(33)20(13-24(35)36)30-26(37)25(16(2)3)31-23(34)12-19-11-18(8-9-22(19)39-6)27-28-15-29-40-27/h8-9,11,15-17,20,25H,7,10,12-14H2,1-6H3,(H,30,37)(H,31,34)(H,35,36). The minimum atomic E-state index is -1.28. The van der Waals surface area contributed by atoms with Crippen LogP contribution in [0.2, 0.25) is 0 Å². The number of benzene rings is 1. The number of carbonyl (C=O) groups is 4. The SMILES string of the molecule is CCCN(CC(=O)C(CC(=O)O)NC(=O)C(NC(=O)Cc1cc(-c2ncno2)ccc1OC)C(C)C)C(C)OC. The van der Waals surface area contributed by atoms with E-state index in [0.29, 0.717) is 23.4 Å². The van der Waals surface area contributed by atoms with Crippen molar-refractivity contribution < 1.29 is 38.3 Å². The highest BCUT2D eigenvalue weighted by molar-refractivity contribution is 5.95. The molecular weight excluding hydrogens is 522 g/mol. The Labute approximate surface area is 233 Å². The highest BCUT2D eigenvalue weighted by Gasteiger charge is 2.31. The van der Waals surface area contributed by atoms with Crippen molar-refractivity contribution in [2.75, 3.05) is 27.3 Å². The van der Waals surface area contributed by atoms with Gasteiger partial charge in [0.05, 0.1) is 32.5 Å². The summed E-state index contributed by atoms with van der Waals surface area (Å²) in [5, 5.41) is 18.2. The number of ketones is 1. The summed E-state index contributed by atoms with van der Waals surface area (Å²) in [6.07, 6.45) is 0.925. The number of aromatic nitrogens is 2. The number of amides is 2. The van der Waals surface area contributed by atoms with E-state index < -0.39 is 42.1 Å². The van der Waals surface area contributed by atoms with Crippen LogP contribution in [0.5, 0.6) is 5.75 Å². The summed E-state index contributed by atoms with van der Waals surface area (Å²) >= 11 is 0. The summed E-state index contributed by atoms with van der Waals surface area (Å²) in [7, 11) is 2.99. The number of nitrogens with zero attached hydrogens (tertiary/aromatic N) is 3. The third-order valence-electron chi connectivity index (χ3n) is 6.31. The van der Waals surface area contributed by atoms with E-state index in [1.54, 1.807) is 43.9 Å².